The molecule has 1 aliphatic heterocycles. The Bertz CT molecular complexity index is 473. The van der Waals surface area contributed by atoms with Gasteiger partial charge in [-0.25, -0.2) is 0 Å². The van der Waals surface area contributed by atoms with E-state index in [1.54, 1.807) is 4.90 Å². The minimum atomic E-state index is -0.664. The molecular formula is C11H13ClN2O4. The fourth-order valence-electron chi connectivity index (χ4n) is 2.18. The van der Waals surface area contributed by atoms with Crippen LogP contribution in [0.3, 0.4) is 0 Å². The van der Waals surface area contributed by atoms with Gasteiger partial charge >= 0.3 is 5.88 Å². The first kappa shape index (κ1) is 12.9. The van der Waals surface area contributed by atoms with Crippen LogP contribution < -0.4 is 0 Å². The average Bonchev–Trinajstić information content (AvgIpc) is 2.94. The Morgan fingerprint density at radius 2 is 2.39 bits per heavy atom. The van der Waals surface area contributed by atoms with E-state index in [1.165, 1.54) is 12.1 Å². The second-order valence-electron chi connectivity index (χ2n) is 4.38. The fraction of sp³-hybridized carbons (Fsp3) is 0.545. The van der Waals surface area contributed by atoms with Crippen LogP contribution in [0.1, 0.15) is 23.9 Å². The molecule has 2 heterocycles. The van der Waals surface area contributed by atoms with E-state index in [0.717, 1.165) is 6.42 Å². The summed E-state index contributed by atoms with van der Waals surface area (Å²) in [5, 5.41) is 10.5. The number of hydrogen-bond acceptors (Lipinski definition) is 4. The Kier molecular flexibility index (Phi) is 3.56. The topological polar surface area (TPSA) is 76.6 Å². The van der Waals surface area contributed by atoms with E-state index in [2.05, 4.69) is 0 Å². The van der Waals surface area contributed by atoms with Gasteiger partial charge in [-0.15, -0.1) is 11.6 Å². The molecule has 1 aromatic rings. The van der Waals surface area contributed by atoms with Crippen molar-refractivity contribution in [3.63, 3.8) is 0 Å². The molecule has 1 amide bonds. The monoisotopic (exact) mass is 272 g/mol. The lowest BCUT2D eigenvalue weighted by Crippen LogP contribution is -2.38. The highest BCUT2D eigenvalue weighted by atomic mass is 35.5. The second-order valence-corrected chi connectivity index (χ2v) is 4.69. The summed E-state index contributed by atoms with van der Waals surface area (Å²) in [6.07, 6.45) is 0.881. The van der Waals surface area contributed by atoms with Crippen molar-refractivity contribution in [3.05, 3.63) is 28.0 Å². The van der Waals surface area contributed by atoms with E-state index < -0.39 is 10.8 Å². The van der Waals surface area contributed by atoms with E-state index in [4.69, 9.17) is 16.0 Å². The number of amides is 1. The van der Waals surface area contributed by atoms with Gasteiger partial charge in [0, 0.05) is 18.5 Å². The average molecular weight is 273 g/mol. The van der Waals surface area contributed by atoms with Crippen LogP contribution in [0.4, 0.5) is 5.88 Å². The molecule has 0 aromatic carbocycles. The largest absolute Gasteiger partial charge is 0.433 e. The normalized spacial score (nSPS) is 23.3. The number of nitrogens with zero attached hydrogens (tertiary/aromatic N) is 2. The second kappa shape index (κ2) is 4.97. The minimum absolute atomic E-state index is 0.00841. The molecule has 0 aliphatic carbocycles. The number of hydrogen-bond donors (Lipinski definition) is 0. The Balaban J connectivity index is 2.18. The standard InChI is InChI=1S/C11H13ClN2O4/c1-7-4-5-13(8(7)6-12)11(15)9-2-3-10(18-9)14(16)17/h2-3,7-8H,4-6H2,1H3. The van der Waals surface area contributed by atoms with E-state index in [-0.39, 0.29) is 17.7 Å². The number of likely N-dealkylation sites (tertiary alicyclic amines) is 1. The maximum Gasteiger partial charge on any atom is 0.433 e. The molecule has 2 unspecified atom stereocenters. The quantitative estimate of drug-likeness (QED) is 0.480. The van der Waals surface area contributed by atoms with Crippen LogP contribution >= 0.6 is 11.6 Å². The van der Waals surface area contributed by atoms with E-state index in [1.807, 2.05) is 6.92 Å². The van der Waals surface area contributed by atoms with E-state index in [9.17, 15) is 14.9 Å². The molecule has 0 saturated carbocycles. The zero-order valence-corrected chi connectivity index (χ0v) is 10.6. The third-order valence-electron chi connectivity index (χ3n) is 3.28. The van der Waals surface area contributed by atoms with E-state index >= 15 is 0 Å². The van der Waals surface area contributed by atoms with Crippen LogP contribution in [0.2, 0.25) is 0 Å². The minimum Gasteiger partial charge on any atom is -0.395 e. The van der Waals surface area contributed by atoms with Crippen LogP contribution in [0.5, 0.6) is 0 Å². The van der Waals surface area contributed by atoms with Crippen LogP contribution in [0, 0.1) is 16.0 Å². The lowest BCUT2D eigenvalue weighted by molar-refractivity contribution is -0.402. The van der Waals surface area contributed by atoms with Crippen molar-refractivity contribution in [2.24, 2.45) is 5.92 Å². The molecule has 0 spiro atoms. The summed E-state index contributed by atoms with van der Waals surface area (Å²) >= 11 is 5.85. The van der Waals surface area contributed by atoms with Gasteiger partial charge in [0.2, 0.25) is 0 Å². The third kappa shape index (κ3) is 2.20. The van der Waals surface area contributed by atoms with Crippen LogP contribution in [-0.4, -0.2) is 34.2 Å². The summed E-state index contributed by atoms with van der Waals surface area (Å²) in [6, 6.07) is 2.47. The number of furan rings is 1. The van der Waals surface area contributed by atoms with Gasteiger partial charge < -0.3 is 9.32 Å². The molecule has 2 atom stereocenters. The highest BCUT2D eigenvalue weighted by molar-refractivity contribution is 6.18. The number of rotatable bonds is 3. The molecular weight excluding hydrogens is 260 g/mol. The summed E-state index contributed by atoms with van der Waals surface area (Å²) in [7, 11) is 0. The molecule has 0 N–H and O–H groups in total. The number of carbonyl (C=O) groups excluding carboxylic acids is 1. The molecule has 6 nitrogen and oxygen atoms in total. The zero-order chi connectivity index (χ0) is 13.3. The van der Waals surface area contributed by atoms with Gasteiger partial charge in [0.15, 0.2) is 5.76 Å². The molecule has 1 aromatic heterocycles. The summed E-state index contributed by atoms with van der Waals surface area (Å²) in [4.78, 5) is 23.6. The van der Waals surface area contributed by atoms with Gasteiger partial charge in [-0.05, 0) is 18.4 Å². The Labute approximate surface area is 109 Å². The summed E-state index contributed by atoms with van der Waals surface area (Å²) in [5.74, 6) is -0.0798. The number of halogens is 1. The smallest absolute Gasteiger partial charge is 0.395 e. The summed E-state index contributed by atoms with van der Waals surface area (Å²) in [6.45, 7) is 2.64. The Morgan fingerprint density at radius 1 is 1.67 bits per heavy atom. The zero-order valence-electron chi connectivity index (χ0n) is 9.84. The van der Waals surface area contributed by atoms with Gasteiger partial charge in [-0.3, -0.25) is 14.9 Å². The lowest BCUT2D eigenvalue weighted by Gasteiger charge is -2.23. The van der Waals surface area contributed by atoms with Crippen molar-refractivity contribution in [3.8, 4) is 0 Å². The van der Waals surface area contributed by atoms with Gasteiger partial charge in [-0.2, -0.15) is 0 Å². The number of nitro groups is 1. The van der Waals surface area contributed by atoms with Crippen molar-refractivity contribution < 1.29 is 14.1 Å². The Morgan fingerprint density at radius 3 is 2.94 bits per heavy atom. The highest BCUT2D eigenvalue weighted by Gasteiger charge is 2.35. The van der Waals surface area contributed by atoms with Crippen LogP contribution in [0.25, 0.3) is 0 Å². The fourth-order valence-corrected chi connectivity index (χ4v) is 2.65. The summed E-state index contributed by atoms with van der Waals surface area (Å²) < 4.78 is 4.91. The maximum absolute atomic E-state index is 12.1. The Hall–Kier alpha value is -1.56. The molecule has 0 bridgehead atoms. The lowest BCUT2D eigenvalue weighted by atomic mass is 10.1. The van der Waals surface area contributed by atoms with Crippen molar-refractivity contribution >= 4 is 23.4 Å². The van der Waals surface area contributed by atoms with Gasteiger partial charge in [-0.1, -0.05) is 6.92 Å². The number of alkyl halides is 1. The van der Waals surface area contributed by atoms with Crippen molar-refractivity contribution in [1.82, 2.24) is 4.90 Å². The molecule has 1 aliphatic rings. The van der Waals surface area contributed by atoms with Gasteiger partial charge in [0.1, 0.15) is 4.92 Å². The first-order valence-electron chi connectivity index (χ1n) is 5.65. The molecule has 0 radical (unpaired) electrons. The molecule has 1 fully saturated rings. The molecule has 1 saturated heterocycles. The first-order valence-corrected chi connectivity index (χ1v) is 6.19. The summed E-state index contributed by atoms with van der Waals surface area (Å²) in [5.41, 5.74) is 0. The van der Waals surface area contributed by atoms with Gasteiger partial charge in [0.25, 0.3) is 5.91 Å². The van der Waals surface area contributed by atoms with Crippen molar-refractivity contribution in [2.45, 2.75) is 19.4 Å². The SMILES string of the molecule is CC1CCN(C(=O)c2ccc([N+](=O)[O-])o2)C1CCl. The van der Waals surface area contributed by atoms with E-state index in [0.29, 0.717) is 18.3 Å². The van der Waals surface area contributed by atoms with Crippen molar-refractivity contribution in [1.29, 1.82) is 0 Å². The first-order chi connectivity index (χ1) is 8.54. The van der Waals surface area contributed by atoms with Gasteiger partial charge in [0.05, 0.1) is 6.07 Å². The van der Waals surface area contributed by atoms with Crippen molar-refractivity contribution in [2.75, 3.05) is 12.4 Å². The third-order valence-corrected chi connectivity index (χ3v) is 3.60. The molecule has 2 rings (SSSR count). The predicted octanol–water partition coefficient (Wildman–Crippen LogP) is 2.28. The molecule has 18 heavy (non-hydrogen) atoms. The van der Waals surface area contributed by atoms with Crippen LogP contribution in [0.15, 0.2) is 16.5 Å². The maximum atomic E-state index is 12.1. The van der Waals surface area contributed by atoms with Crippen LogP contribution in [-0.2, 0) is 0 Å². The predicted molar refractivity (Wildman–Crippen MR) is 64.7 cm³/mol. The highest BCUT2D eigenvalue weighted by Crippen LogP contribution is 2.27. The molecule has 7 heteroatoms. The number of carbonyl (C=O) groups is 1. The molecule has 98 valence electrons.